The summed E-state index contributed by atoms with van der Waals surface area (Å²) in [7, 11) is -1.88. The number of hydrogen-bond donors (Lipinski definition) is 1. The largest absolute Gasteiger partial charge is 0.419 e. The molecule has 110 valence electrons. The number of rotatable bonds is 3. The van der Waals surface area contributed by atoms with Gasteiger partial charge in [0, 0.05) is 13.3 Å². The van der Waals surface area contributed by atoms with Crippen LogP contribution in [0.3, 0.4) is 0 Å². The maximum atomic E-state index is 11.8. The standard InChI is InChI=1S/C13H17NO5S/c1-13(2,20(4,17)18)11(15)8-5-6-9-10(7-8)19-12(16)14(9)3/h5-7,11,15H,1-4H3. The number of aromatic nitrogens is 1. The highest BCUT2D eigenvalue weighted by Gasteiger charge is 2.39. The van der Waals surface area contributed by atoms with Gasteiger partial charge in [0.05, 0.1) is 16.4 Å². The molecule has 0 saturated carbocycles. The Balaban J connectivity index is 2.57. The van der Waals surface area contributed by atoms with Gasteiger partial charge in [-0.25, -0.2) is 13.2 Å². The molecule has 20 heavy (non-hydrogen) atoms. The molecular formula is C13H17NO5S. The van der Waals surface area contributed by atoms with E-state index in [2.05, 4.69) is 0 Å². The Bertz CT molecular complexity index is 813. The molecule has 1 N–H and O–H groups in total. The second kappa shape index (κ2) is 4.46. The van der Waals surface area contributed by atoms with Crippen LogP contribution in [0.2, 0.25) is 0 Å². The normalized spacial score (nSPS) is 14.7. The number of aryl methyl sites for hydroxylation is 1. The number of nitrogens with zero attached hydrogens (tertiary/aromatic N) is 1. The Hall–Kier alpha value is -1.60. The average molecular weight is 299 g/mol. The summed E-state index contributed by atoms with van der Waals surface area (Å²) < 4.78 is 28.5. The molecule has 0 saturated heterocycles. The van der Waals surface area contributed by atoms with Crippen LogP contribution in [0, 0.1) is 0 Å². The Kier molecular flexibility index (Phi) is 3.30. The van der Waals surface area contributed by atoms with Crippen molar-refractivity contribution in [2.24, 2.45) is 7.05 Å². The van der Waals surface area contributed by atoms with Gasteiger partial charge in [-0.2, -0.15) is 0 Å². The highest BCUT2D eigenvalue weighted by Crippen LogP contribution is 2.33. The van der Waals surface area contributed by atoms with Crippen LogP contribution in [0.1, 0.15) is 25.5 Å². The third-order valence-electron chi connectivity index (χ3n) is 3.75. The van der Waals surface area contributed by atoms with Crippen LogP contribution in [0.15, 0.2) is 27.4 Å². The van der Waals surface area contributed by atoms with E-state index in [1.54, 1.807) is 19.2 Å². The number of sulfone groups is 1. The van der Waals surface area contributed by atoms with Gasteiger partial charge < -0.3 is 9.52 Å². The number of aliphatic hydroxyl groups is 1. The summed E-state index contributed by atoms with van der Waals surface area (Å²) in [5.41, 5.74) is 1.30. The number of hydrogen-bond acceptors (Lipinski definition) is 5. The van der Waals surface area contributed by atoms with E-state index in [1.807, 2.05) is 0 Å². The zero-order chi connectivity index (χ0) is 15.3. The summed E-state index contributed by atoms with van der Waals surface area (Å²) in [4.78, 5) is 11.4. The van der Waals surface area contributed by atoms with Crippen molar-refractivity contribution in [3.8, 4) is 0 Å². The predicted octanol–water partition coefficient (Wildman–Crippen LogP) is 0.988. The van der Waals surface area contributed by atoms with Gasteiger partial charge in [0.15, 0.2) is 15.4 Å². The number of fused-ring (bicyclic) bond motifs is 1. The molecule has 0 aliphatic carbocycles. The lowest BCUT2D eigenvalue weighted by Gasteiger charge is -2.28. The molecule has 0 aliphatic heterocycles. The van der Waals surface area contributed by atoms with E-state index in [9.17, 15) is 18.3 Å². The molecular weight excluding hydrogens is 282 g/mol. The van der Waals surface area contributed by atoms with Crippen molar-refractivity contribution < 1.29 is 17.9 Å². The van der Waals surface area contributed by atoms with Crippen LogP contribution in [0.5, 0.6) is 0 Å². The van der Waals surface area contributed by atoms with Gasteiger partial charge in [-0.3, -0.25) is 4.57 Å². The van der Waals surface area contributed by atoms with Gasteiger partial charge in [-0.1, -0.05) is 6.07 Å². The van der Waals surface area contributed by atoms with Crippen LogP contribution in [0.25, 0.3) is 11.1 Å². The van der Waals surface area contributed by atoms with E-state index in [4.69, 9.17) is 4.42 Å². The first-order valence-corrected chi connectivity index (χ1v) is 7.92. The minimum absolute atomic E-state index is 0.318. The van der Waals surface area contributed by atoms with Gasteiger partial charge in [0.2, 0.25) is 0 Å². The molecule has 1 unspecified atom stereocenters. The Labute approximate surface area is 116 Å². The molecule has 7 heteroatoms. The molecule has 1 aromatic carbocycles. The van der Waals surface area contributed by atoms with Crippen molar-refractivity contribution in [1.82, 2.24) is 4.57 Å². The minimum Gasteiger partial charge on any atom is -0.408 e. The molecule has 0 fully saturated rings. The first-order chi connectivity index (χ1) is 9.05. The number of aliphatic hydroxyl groups excluding tert-OH is 1. The molecule has 1 atom stereocenters. The van der Waals surface area contributed by atoms with Crippen LogP contribution in [-0.2, 0) is 16.9 Å². The van der Waals surface area contributed by atoms with Crippen molar-refractivity contribution in [2.45, 2.75) is 24.7 Å². The van der Waals surface area contributed by atoms with E-state index >= 15 is 0 Å². The molecule has 1 heterocycles. The van der Waals surface area contributed by atoms with Gasteiger partial charge in [-0.15, -0.1) is 0 Å². The van der Waals surface area contributed by atoms with Crippen LogP contribution in [0.4, 0.5) is 0 Å². The van der Waals surface area contributed by atoms with E-state index in [-0.39, 0.29) is 0 Å². The quantitative estimate of drug-likeness (QED) is 0.912. The summed E-state index contributed by atoms with van der Waals surface area (Å²) >= 11 is 0. The summed E-state index contributed by atoms with van der Waals surface area (Å²) in [5.74, 6) is -0.506. The SMILES string of the molecule is Cn1c(=O)oc2cc(C(O)C(C)(C)S(C)(=O)=O)ccc21. The Morgan fingerprint density at radius 1 is 1.35 bits per heavy atom. The molecule has 6 nitrogen and oxygen atoms in total. The molecule has 0 spiro atoms. The molecule has 0 amide bonds. The van der Waals surface area contributed by atoms with Gasteiger partial charge in [0.25, 0.3) is 0 Å². The van der Waals surface area contributed by atoms with Crippen LogP contribution >= 0.6 is 0 Å². The lowest BCUT2D eigenvalue weighted by Crippen LogP contribution is -2.37. The lowest BCUT2D eigenvalue weighted by atomic mass is 9.98. The van der Waals surface area contributed by atoms with Crippen molar-refractivity contribution in [3.05, 3.63) is 34.3 Å². The fourth-order valence-corrected chi connectivity index (χ4v) is 2.47. The van der Waals surface area contributed by atoms with Gasteiger partial charge in [0.1, 0.15) is 0 Å². The topological polar surface area (TPSA) is 89.5 Å². The fourth-order valence-electron chi connectivity index (χ4n) is 1.92. The summed E-state index contributed by atoms with van der Waals surface area (Å²) in [5, 5.41) is 10.3. The Morgan fingerprint density at radius 2 is 1.95 bits per heavy atom. The third kappa shape index (κ3) is 2.16. The van der Waals surface area contributed by atoms with Gasteiger partial charge >= 0.3 is 5.76 Å². The lowest BCUT2D eigenvalue weighted by molar-refractivity contribution is 0.139. The molecule has 2 aromatic rings. The fraction of sp³-hybridized carbons (Fsp3) is 0.462. The predicted molar refractivity (Wildman–Crippen MR) is 75.3 cm³/mol. The second-order valence-electron chi connectivity index (χ2n) is 5.43. The molecule has 0 radical (unpaired) electrons. The smallest absolute Gasteiger partial charge is 0.408 e. The maximum Gasteiger partial charge on any atom is 0.419 e. The van der Waals surface area contributed by atoms with Crippen molar-refractivity contribution in [2.75, 3.05) is 6.26 Å². The molecule has 0 bridgehead atoms. The van der Waals surface area contributed by atoms with Crippen LogP contribution in [-0.4, -0.2) is 29.1 Å². The zero-order valence-electron chi connectivity index (χ0n) is 11.7. The van der Waals surface area contributed by atoms with Crippen molar-refractivity contribution in [1.29, 1.82) is 0 Å². The maximum absolute atomic E-state index is 11.8. The molecule has 0 aliphatic rings. The average Bonchev–Trinajstić information content (AvgIpc) is 2.62. The first kappa shape index (κ1) is 14.8. The third-order valence-corrected chi connectivity index (χ3v) is 5.88. The first-order valence-electron chi connectivity index (χ1n) is 6.03. The van der Waals surface area contributed by atoms with E-state index in [0.29, 0.717) is 16.7 Å². The van der Waals surface area contributed by atoms with Crippen molar-refractivity contribution >= 4 is 20.9 Å². The highest BCUT2D eigenvalue weighted by molar-refractivity contribution is 7.92. The monoisotopic (exact) mass is 299 g/mol. The molecule has 2 rings (SSSR count). The molecule has 1 aromatic heterocycles. The Morgan fingerprint density at radius 3 is 2.50 bits per heavy atom. The summed E-state index contributed by atoms with van der Waals surface area (Å²) in [6.45, 7) is 2.91. The van der Waals surface area contributed by atoms with Crippen LogP contribution < -0.4 is 5.76 Å². The van der Waals surface area contributed by atoms with Crippen molar-refractivity contribution in [3.63, 3.8) is 0 Å². The highest BCUT2D eigenvalue weighted by atomic mass is 32.2. The number of oxazole rings is 1. The van der Waals surface area contributed by atoms with E-state index < -0.39 is 26.4 Å². The summed E-state index contributed by atoms with van der Waals surface area (Å²) in [6.07, 6.45) is -0.135. The van der Waals surface area contributed by atoms with Gasteiger partial charge in [-0.05, 0) is 31.5 Å². The summed E-state index contributed by atoms with van der Waals surface area (Å²) in [6, 6.07) is 4.71. The zero-order valence-corrected chi connectivity index (χ0v) is 12.6. The van der Waals surface area contributed by atoms with E-state index in [1.165, 1.54) is 24.5 Å². The second-order valence-corrected chi connectivity index (χ2v) is 8.03. The minimum atomic E-state index is -3.45. The van der Waals surface area contributed by atoms with E-state index in [0.717, 1.165) is 6.26 Å². The number of benzene rings is 1.